The summed E-state index contributed by atoms with van der Waals surface area (Å²) in [6, 6.07) is 14.9. The van der Waals surface area contributed by atoms with Crippen LogP contribution in [-0.4, -0.2) is 83.5 Å². The number of nitrogens with zero attached hydrogens (tertiary/aromatic N) is 1. The van der Waals surface area contributed by atoms with E-state index in [0.29, 0.717) is 44.7 Å². The summed E-state index contributed by atoms with van der Waals surface area (Å²) >= 11 is 0. The van der Waals surface area contributed by atoms with Crippen molar-refractivity contribution in [1.82, 2.24) is 0 Å². The van der Waals surface area contributed by atoms with Crippen LogP contribution in [0.5, 0.6) is 23.0 Å². The largest absolute Gasteiger partial charge is 0.508 e. The predicted molar refractivity (Wildman–Crippen MR) is 156 cm³/mol. The van der Waals surface area contributed by atoms with E-state index in [9.17, 15) is 30.0 Å². The third-order valence-electron chi connectivity index (χ3n) is 8.10. The summed E-state index contributed by atoms with van der Waals surface area (Å²) in [6.45, 7) is -0.493. The summed E-state index contributed by atoms with van der Waals surface area (Å²) in [5.41, 5.74) is 1.29. The van der Waals surface area contributed by atoms with Crippen molar-refractivity contribution in [2.75, 3.05) is 25.4 Å². The molecule has 4 aromatic rings. The van der Waals surface area contributed by atoms with Crippen LogP contribution in [0.15, 0.2) is 60.7 Å². The summed E-state index contributed by atoms with van der Waals surface area (Å²) in [5.74, 6) is 0.173. The molecular formula is C32H27NO11. The molecule has 0 radical (unpaired) electrons. The first-order chi connectivity index (χ1) is 21.3. The minimum atomic E-state index is -1.73. The van der Waals surface area contributed by atoms with Gasteiger partial charge in [0.15, 0.2) is 17.7 Å². The lowest BCUT2D eigenvalue weighted by atomic mass is 9.96. The Bertz CT molecular complexity index is 1840. The van der Waals surface area contributed by atoms with Gasteiger partial charge in [-0.1, -0.05) is 24.3 Å². The van der Waals surface area contributed by atoms with Crippen LogP contribution < -0.4 is 19.1 Å². The van der Waals surface area contributed by atoms with Crippen LogP contribution in [0.3, 0.4) is 0 Å². The number of fused-ring (bicyclic) bond motifs is 4. The SMILES string of the molecule is COc1cccc2c1cc1c3c(cc4c(c32)OCO4)C(=O)N1[C@@H]1O[C@H](COC(=O)/C=C/c2ccc(O)cc2)[C@@H](O)[C@H](O)[C@H]1O. The molecule has 3 aliphatic heterocycles. The first-order valence-corrected chi connectivity index (χ1v) is 13.8. The topological polar surface area (TPSA) is 164 Å². The fourth-order valence-electron chi connectivity index (χ4n) is 5.96. The second-order valence-corrected chi connectivity index (χ2v) is 10.6. The minimum Gasteiger partial charge on any atom is -0.508 e. The van der Waals surface area contributed by atoms with Crippen LogP contribution >= 0.6 is 0 Å². The average molecular weight is 602 g/mol. The number of aliphatic hydroxyl groups is 3. The number of carbonyl (C=O) groups is 2. The van der Waals surface area contributed by atoms with Crippen LogP contribution in [0.2, 0.25) is 0 Å². The number of rotatable bonds is 6. The van der Waals surface area contributed by atoms with E-state index in [4.69, 9.17) is 23.7 Å². The zero-order valence-electron chi connectivity index (χ0n) is 23.2. The van der Waals surface area contributed by atoms with Gasteiger partial charge in [-0.15, -0.1) is 0 Å². The quantitative estimate of drug-likeness (QED) is 0.146. The maximum Gasteiger partial charge on any atom is 0.330 e. The Hall–Kier alpha value is -4.88. The lowest BCUT2D eigenvalue weighted by Crippen LogP contribution is -2.64. The number of amides is 1. The smallest absolute Gasteiger partial charge is 0.330 e. The molecular weight excluding hydrogens is 574 g/mol. The fraction of sp³-hybridized carbons (Fsp3) is 0.250. The lowest BCUT2D eigenvalue weighted by Gasteiger charge is -2.43. The lowest BCUT2D eigenvalue weighted by molar-refractivity contribution is -0.229. The Labute approximate surface area is 249 Å². The normalized spacial score (nSPS) is 24.0. The van der Waals surface area contributed by atoms with E-state index in [0.717, 1.165) is 11.5 Å². The zero-order valence-corrected chi connectivity index (χ0v) is 23.2. The number of methoxy groups -OCH3 is 1. The second-order valence-electron chi connectivity index (χ2n) is 10.6. The van der Waals surface area contributed by atoms with Crippen LogP contribution in [0.1, 0.15) is 15.9 Å². The molecule has 3 heterocycles. The molecule has 0 unspecified atom stereocenters. The zero-order chi connectivity index (χ0) is 30.7. The van der Waals surface area contributed by atoms with Crippen molar-refractivity contribution in [3.8, 4) is 23.0 Å². The molecule has 0 aliphatic carbocycles. The summed E-state index contributed by atoms with van der Waals surface area (Å²) in [6.07, 6.45) is -5.19. The average Bonchev–Trinajstić information content (AvgIpc) is 3.61. The maximum atomic E-state index is 14.0. The molecule has 1 fully saturated rings. The Morgan fingerprint density at radius 3 is 2.57 bits per heavy atom. The number of aromatic hydroxyl groups is 1. The number of hydrogen-bond acceptors (Lipinski definition) is 11. The van der Waals surface area contributed by atoms with Crippen LogP contribution in [0.25, 0.3) is 27.6 Å². The van der Waals surface area contributed by atoms with E-state index in [-0.39, 0.29) is 18.1 Å². The number of benzene rings is 4. The number of esters is 1. The van der Waals surface area contributed by atoms with Crippen molar-refractivity contribution in [2.45, 2.75) is 30.6 Å². The van der Waals surface area contributed by atoms with E-state index < -0.39 is 49.1 Å². The maximum absolute atomic E-state index is 14.0. The molecule has 44 heavy (non-hydrogen) atoms. The molecule has 0 aromatic heterocycles. The highest BCUT2D eigenvalue weighted by Crippen LogP contribution is 2.52. The van der Waals surface area contributed by atoms with Crippen LogP contribution in [0, 0.1) is 0 Å². The van der Waals surface area contributed by atoms with Gasteiger partial charge in [0.25, 0.3) is 5.91 Å². The molecule has 4 aromatic carbocycles. The summed E-state index contributed by atoms with van der Waals surface area (Å²) in [7, 11) is 1.53. The van der Waals surface area contributed by atoms with Gasteiger partial charge >= 0.3 is 5.97 Å². The van der Waals surface area contributed by atoms with Crippen molar-refractivity contribution in [1.29, 1.82) is 0 Å². The van der Waals surface area contributed by atoms with Gasteiger partial charge in [-0.3, -0.25) is 9.69 Å². The molecule has 12 heteroatoms. The van der Waals surface area contributed by atoms with Gasteiger partial charge in [0.05, 0.1) is 18.4 Å². The molecule has 3 aliphatic rings. The van der Waals surface area contributed by atoms with Gasteiger partial charge in [0.2, 0.25) is 6.79 Å². The Balaban J connectivity index is 1.22. The van der Waals surface area contributed by atoms with Gasteiger partial charge in [-0.2, -0.15) is 0 Å². The van der Waals surface area contributed by atoms with Gasteiger partial charge in [0, 0.05) is 22.2 Å². The van der Waals surface area contributed by atoms with Gasteiger partial charge in [0.1, 0.15) is 42.5 Å². The van der Waals surface area contributed by atoms with Gasteiger partial charge in [-0.05, 0) is 47.4 Å². The Morgan fingerprint density at radius 1 is 1.00 bits per heavy atom. The third kappa shape index (κ3) is 4.38. The first kappa shape index (κ1) is 27.9. The molecule has 1 amide bonds. The van der Waals surface area contributed by atoms with E-state index >= 15 is 0 Å². The molecule has 5 atom stereocenters. The van der Waals surface area contributed by atoms with Crippen molar-refractivity contribution < 1.29 is 53.7 Å². The van der Waals surface area contributed by atoms with Crippen molar-refractivity contribution >= 4 is 45.2 Å². The molecule has 0 saturated carbocycles. The van der Waals surface area contributed by atoms with E-state index in [1.807, 2.05) is 12.1 Å². The molecule has 12 nitrogen and oxygen atoms in total. The van der Waals surface area contributed by atoms with Gasteiger partial charge < -0.3 is 44.1 Å². The van der Waals surface area contributed by atoms with Crippen molar-refractivity contribution in [3.05, 3.63) is 71.8 Å². The molecule has 226 valence electrons. The van der Waals surface area contributed by atoms with Gasteiger partial charge in [-0.25, -0.2) is 4.79 Å². The molecule has 4 N–H and O–H groups in total. The highest BCUT2D eigenvalue weighted by Gasteiger charge is 2.50. The number of phenols is 1. The predicted octanol–water partition coefficient (Wildman–Crippen LogP) is 2.46. The number of phenolic OH excluding ortho intramolecular Hbond substituents is 1. The van der Waals surface area contributed by atoms with Crippen LogP contribution in [0.4, 0.5) is 5.69 Å². The Kier molecular flexibility index (Phi) is 6.78. The molecule has 7 rings (SSSR count). The van der Waals surface area contributed by atoms with Crippen LogP contribution in [-0.2, 0) is 14.3 Å². The highest BCUT2D eigenvalue weighted by molar-refractivity contribution is 6.32. The highest BCUT2D eigenvalue weighted by atomic mass is 16.7. The number of hydrogen-bond donors (Lipinski definition) is 4. The third-order valence-corrected chi connectivity index (χ3v) is 8.10. The van der Waals surface area contributed by atoms with Crippen molar-refractivity contribution in [3.63, 3.8) is 0 Å². The summed E-state index contributed by atoms with van der Waals surface area (Å²) in [5, 5.41) is 44.6. The summed E-state index contributed by atoms with van der Waals surface area (Å²) in [4.78, 5) is 27.6. The standard InChI is InChI=1S/C32H27NO11/c1-40-21-4-2-3-17-18(21)11-20-25-19(12-22-30(26(17)25)43-14-42-22)31(39)33(20)32-29(38)28(37)27(36)23(44-32)13-41-24(35)10-7-15-5-8-16(34)9-6-15/h2-12,23,27-29,32,34,36-38H,13-14H2,1H3/b10-7+/t23-,27-,28+,29-,32-/m1/s1. The minimum absolute atomic E-state index is 0.0134. The summed E-state index contributed by atoms with van der Waals surface area (Å²) < 4.78 is 28.3. The second kappa shape index (κ2) is 10.7. The molecule has 0 bridgehead atoms. The first-order valence-electron chi connectivity index (χ1n) is 13.8. The van der Waals surface area contributed by atoms with E-state index in [2.05, 4.69) is 0 Å². The van der Waals surface area contributed by atoms with Crippen molar-refractivity contribution in [2.24, 2.45) is 0 Å². The van der Waals surface area contributed by atoms with E-state index in [1.165, 1.54) is 30.2 Å². The fourth-order valence-corrected chi connectivity index (χ4v) is 5.96. The Morgan fingerprint density at radius 2 is 1.80 bits per heavy atom. The monoisotopic (exact) mass is 601 g/mol. The number of ether oxygens (including phenoxy) is 5. The number of aliphatic hydroxyl groups excluding tert-OH is 3. The number of anilines is 1. The van der Waals surface area contributed by atoms with E-state index in [1.54, 1.807) is 30.3 Å². The molecule has 1 saturated heterocycles. The number of carbonyl (C=O) groups excluding carboxylic acids is 2. The molecule has 0 spiro atoms.